The predicted octanol–water partition coefficient (Wildman–Crippen LogP) is 2.07. The third-order valence-electron chi connectivity index (χ3n) is 1.66. The van der Waals surface area contributed by atoms with Gasteiger partial charge in [-0.15, -0.1) is 11.3 Å². The molecule has 0 bridgehead atoms. The molecule has 1 unspecified atom stereocenters. The summed E-state index contributed by atoms with van der Waals surface area (Å²) in [6.45, 7) is 0. The molecule has 1 aromatic rings. The van der Waals surface area contributed by atoms with Crippen molar-refractivity contribution in [3.05, 3.63) is 20.8 Å². The highest BCUT2D eigenvalue weighted by Gasteiger charge is 2.14. The lowest BCUT2D eigenvalue weighted by molar-refractivity contribution is -0.141. The van der Waals surface area contributed by atoms with Crippen molar-refractivity contribution in [1.29, 1.82) is 0 Å². The van der Waals surface area contributed by atoms with Crippen LogP contribution < -0.4 is 5.73 Å². The molecule has 0 aliphatic rings. The summed E-state index contributed by atoms with van der Waals surface area (Å²) in [5.74, 6) is -0.286. The Balaban J connectivity index is 2.63. The molecule has 1 rings (SSSR count). The zero-order valence-corrected chi connectivity index (χ0v) is 9.52. The van der Waals surface area contributed by atoms with Crippen molar-refractivity contribution >= 4 is 33.2 Å². The van der Waals surface area contributed by atoms with Gasteiger partial charge in [-0.1, -0.05) is 0 Å². The topological polar surface area (TPSA) is 52.3 Å². The van der Waals surface area contributed by atoms with Gasteiger partial charge in [0.15, 0.2) is 0 Å². The van der Waals surface area contributed by atoms with Gasteiger partial charge >= 0.3 is 5.97 Å². The second kappa shape index (κ2) is 4.74. The zero-order valence-electron chi connectivity index (χ0n) is 7.12. The van der Waals surface area contributed by atoms with Crippen LogP contribution >= 0.6 is 27.3 Å². The van der Waals surface area contributed by atoms with Crippen molar-refractivity contribution in [2.24, 2.45) is 5.73 Å². The number of carbonyl (C=O) groups is 1. The maximum absolute atomic E-state index is 10.9. The van der Waals surface area contributed by atoms with Crippen LogP contribution in [0.2, 0.25) is 0 Å². The van der Waals surface area contributed by atoms with Crippen molar-refractivity contribution in [1.82, 2.24) is 0 Å². The van der Waals surface area contributed by atoms with E-state index in [0.29, 0.717) is 0 Å². The Morgan fingerprint density at radius 3 is 3.00 bits per heavy atom. The van der Waals surface area contributed by atoms with E-state index in [1.54, 1.807) is 11.3 Å². The van der Waals surface area contributed by atoms with Gasteiger partial charge in [-0.2, -0.15) is 0 Å². The average molecular weight is 264 g/mol. The highest BCUT2D eigenvalue weighted by Crippen LogP contribution is 2.29. The van der Waals surface area contributed by atoms with Crippen LogP contribution in [0.3, 0.4) is 0 Å². The molecule has 0 spiro atoms. The molecule has 0 amide bonds. The van der Waals surface area contributed by atoms with Gasteiger partial charge < -0.3 is 10.5 Å². The Bertz CT molecular complexity index is 300. The monoisotopic (exact) mass is 263 g/mol. The van der Waals surface area contributed by atoms with Gasteiger partial charge in [-0.25, -0.2) is 0 Å². The number of hydrogen-bond acceptors (Lipinski definition) is 4. The molecular weight excluding hydrogens is 254 g/mol. The fourth-order valence-corrected chi connectivity index (χ4v) is 2.38. The summed E-state index contributed by atoms with van der Waals surface area (Å²) < 4.78 is 5.50. The summed E-state index contributed by atoms with van der Waals surface area (Å²) >= 11 is 4.92. The second-order valence-electron chi connectivity index (χ2n) is 2.54. The number of hydrogen-bond donors (Lipinski definition) is 1. The Morgan fingerprint density at radius 2 is 2.54 bits per heavy atom. The third-order valence-corrected chi connectivity index (χ3v) is 3.39. The quantitative estimate of drug-likeness (QED) is 0.850. The van der Waals surface area contributed by atoms with Crippen LogP contribution in [0.25, 0.3) is 0 Å². The van der Waals surface area contributed by atoms with E-state index in [0.717, 1.165) is 9.35 Å². The SMILES string of the molecule is COC(=O)CC(N)c1ccsc1Br. The Labute approximate surface area is 89.0 Å². The maximum Gasteiger partial charge on any atom is 0.307 e. The molecule has 0 saturated heterocycles. The summed E-state index contributed by atoms with van der Waals surface area (Å²) in [4.78, 5) is 10.9. The van der Waals surface area contributed by atoms with E-state index in [9.17, 15) is 4.79 Å². The van der Waals surface area contributed by atoms with E-state index < -0.39 is 0 Å². The number of halogens is 1. The molecule has 0 saturated carbocycles. The lowest BCUT2D eigenvalue weighted by Crippen LogP contribution is -2.15. The molecule has 13 heavy (non-hydrogen) atoms. The van der Waals surface area contributed by atoms with E-state index in [1.807, 2.05) is 11.4 Å². The lowest BCUT2D eigenvalue weighted by atomic mass is 10.1. The molecule has 0 aromatic carbocycles. The fourth-order valence-electron chi connectivity index (χ4n) is 0.943. The third kappa shape index (κ3) is 2.79. The van der Waals surface area contributed by atoms with Crippen LogP contribution in [0.15, 0.2) is 15.2 Å². The summed E-state index contributed by atoms with van der Waals surface area (Å²) in [5, 5.41) is 1.93. The molecule has 2 N–H and O–H groups in total. The number of methoxy groups -OCH3 is 1. The van der Waals surface area contributed by atoms with E-state index in [-0.39, 0.29) is 18.4 Å². The summed E-state index contributed by atoms with van der Waals surface area (Å²) in [6.07, 6.45) is 0.214. The Hall–Kier alpha value is -0.390. The first-order valence-electron chi connectivity index (χ1n) is 3.70. The van der Waals surface area contributed by atoms with Gasteiger partial charge in [0.1, 0.15) is 0 Å². The molecule has 0 aliphatic carbocycles. The number of rotatable bonds is 3. The smallest absolute Gasteiger partial charge is 0.307 e. The van der Waals surface area contributed by atoms with Crippen LogP contribution in [-0.4, -0.2) is 13.1 Å². The number of carbonyl (C=O) groups excluding carboxylic acids is 1. The van der Waals surface area contributed by atoms with Gasteiger partial charge in [-0.3, -0.25) is 4.79 Å². The van der Waals surface area contributed by atoms with Crippen molar-refractivity contribution in [3.63, 3.8) is 0 Å². The number of esters is 1. The first-order chi connectivity index (χ1) is 6.15. The predicted molar refractivity (Wildman–Crippen MR) is 55.6 cm³/mol. The summed E-state index contributed by atoms with van der Waals surface area (Å²) in [5.41, 5.74) is 6.75. The van der Waals surface area contributed by atoms with Gasteiger partial charge in [0.05, 0.1) is 17.3 Å². The van der Waals surface area contributed by atoms with E-state index in [4.69, 9.17) is 5.73 Å². The zero-order chi connectivity index (χ0) is 9.84. The first-order valence-corrected chi connectivity index (χ1v) is 5.37. The maximum atomic E-state index is 10.9. The largest absolute Gasteiger partial charge is 0.469 e. The highest BCUT2D eigenvalue weighted by atomic mass is 79.9. The summed E-state index contributed by atoms with van der Waals surface area (Å²) in [7, 11) is 1.36. The van der Waals surface area contributed by atoms with E-state index >= 15 is 0 Å². The molecule has 0 fully saturated rings. The fraction of sp³-hybridized carbons (Fsp3) is 0.375. The van der Waals surface area contributed by atoms with Gasteiger partial charge in [-0.05, 0) is 32.9 Å². The molecule has 1 heterocycles. The molecule has 1 atom stereocenters. The lowest BCUT2D eigenvalue weighted by Gasteiger charge is -2.08. The minimum Gasteiger partial charge on any atom is -0.469 e. The normalized spacial score (nSPS) is 12.5. The molecule has 1 aromatic heterocycles. The molecule has 3 nitrogen and oxygen atoms in total. The van der Waals surface area contributed by atoms with Crippen LogP contribution in [-0.2, 0) is 9.53 Å². The minimum absolute atomic E-state index is 0.214. The number of ether oxygens (including phenoxy) is 1. The summed E-state index contributed by atoms with van der Waals surface area (Å²) in [6, 6.07) is 1.62. The van der Waals surface area contributed by atoms with Gasteiger partial charge in [0, 0.05) is 6.04 Å². The molecule has 0 radical (unpaired) electrons. The minimum atomic E-state index is -0.286. The van der Waals surface area contributed by atoms with Crippen LogP contribution in [0.5, 0.6) is 0 Å². The number of nitrogens with two attached hydrogens (primary N) is 1. The standard InChI is InChI=1S/C8H10BrNO2S/c1-12-7(11)4-6(10)5-2-3-13-8(5)9/h2-3,6H,4,10H2,1H3. The molecule has 5 heteroatoms. The molecule has 0 aliphatic heterocycles. The van der Waals surface area contributed by atoms with Crippen molar-refractivity contribution < 1.29 is 9.53 Å². The van der Waals surface area contributed by atoms with Crippen molar-refractivity contribution in [2.45, 2.75) is 12.5 Å². The Kier molecular flexibility index (Phi) is 3.90. The second-order valence-corrected chi connectivity index (χ2v) is 4.77. The van der Waals surface area contributed by atoms with Gasteiger partial charge in [0.25, 0.3) is 0 Å². The highest BCUT2D eigenvalue weighted by molar-refractivity contribution is 9.11. The van der Waals surface area contributed by atoms with Crippen molar-refractivity contribution in [2.75, 3.05) is 7.11 Å². The van der Waals surface area contributed by atoms with E-state index in [2.05, 4.69) is 20.7 Å². The molecular formula is C8H10BrNO2S. The van der Waals surface area contributed by atoms with Crippen molar-refractivity contribution in [3.8, 4) is 0 Å². The van der Waals surface area contributed by atoms with Gasteiger partial charge in [0.2, 0.25) is 0 Å². The Morgan fingerprint density at radius 1 is 1.85 bits per heavy atom. The average Bonchev–Trinajstić information content (AvgIpc) is 2.51. The van der Waals surface area contributed by atoms with E-state index in [1.165, 1.54) is 7.11 Å². The molecule has 72 valence electrons. The first kappa shape index (κ1) is 10.7. The number of thiophene rings is 1. The van der Waals surface area contributed by atoms with Crippen LogP contribution in [0.4, 0.5) is 0 Å². The van der Waals surface area contributed by atoms with Crippen LogP contribution in [0.1, 0.15) is 18.0 Å². The van der Waals surface area contributed by atoms with Crippen LogP contribution in [0, 0.1) is 0 Å².